The minimum atomic E-state index is -0.458. The van der Waals surface area contributed by atoms with Gasteiger partial charge in [-0.1, -0.05) is 11.6 Å². The number of aromatic nitrogens is 2. The molecule has 0 spiro atoms. The predicted molar refractivity (Wildman–Crippen MR) is 84.9 cm³/mol. The molecule has 0 N–H and O–H groups in total. The van der Waals surface area contributed by atoms with E-state index in [-0.39, 0.29) is 6.09 Å². The second kappa shape index (κ2) is 6.79. The number of rotatable bonds is 2. The van der Waals surface area contributed by atoms with Gasteiger partial charge in [0.2, 0.25) is 0 Å². The van der Waals surface area contributed by atoms with E-state index in [0.29, 0.717) is 24.8 Å². The molecule has 1 aromatic rings. The molecule has 2 heterocycles. The monoisotopic (exact) mass is 326 g/mol. The normalized spacial score (nSPS) is 16.7. The molecule has 1 fully saturated rings. The summed E-state index contributed by atoms with van der Waals surface area (Å²) in [5, 5.41) is 0.467. The van der Waals surface area contributed by atoms with E-state index in [4.69, 9.17) is 16.3 Å². The third kappa shape index (κ3) is 5.10. The topological polar surface area (TPSA) is 58.6 Å². The van der Waals surface area contributed by atoms with Crippen LogP contribution >= 0.6 is 11.6 Å². The second-order valence-electron chi connectivity index (χ2n) is 6.49. The Labute approximate surface area is 136 Å². The van der Waals surface area contributed by atoms with Gasteiger partial charge in [0.1, 0.15) is 16.6 Å². The summed E-state index contributed by atoms with van der Waals surface area (Å²) in [4.78, 5) is 24.6. The molecule has 2 rings (SSSR count). The fraction of sp³-hybridized carbons (Fsp3) is 0.667. The van der Waals surface area contributed by atoms with Crippen LogP contribution in [0.5, 0.6) is 0 Å². The quantitative estimate of drug-likeness (QED) is 0.781. The molecule has 6 nitrogen and oxygen atoms in total. The largest absolute Gasteiger partial charge is 0.444 e. The standard InChI is InChI=1S/C15H23ClN4O2/c1-11-9-12(16)18-13(17-11)10-19-5-7-20(8-6-19)14(21)22-15(2,3)4/h9H,5-8,10H2,1-4H3. The average Bonchev–Trinajstić information content (AvgIpc) is 2.36. The molecule has 0 saturated carbocycles. The van der Waals surface area contributed by atoms with Crippen molar-refractivity contribution in [1.29, 1.82) is 0 Å². The van der Waals surface area contributed by atoms with Crippen LogP contribution in [0, 0.1) is 6.92 Å². The van der Waals surface area contributed by atoms with Crippen molar-refractivity contribution in [3.63, 3.8) is 0 Å². The maximum Gasteiger partial charge on any atom is 0.410 e. The summed E-state index contributed by atoms with van der Waals surface area (Å²) in [5.74, 6) is 0.718. The maximum absolute atomic E-state index is 12.0. The first-order chi connectivity index (χ1) is 10.2. The number of aryl methyl sites for hydroxylation is 1. The van der Waals surface area contributed by atoms with E-state index in [2.05, 4.69) is 14.9 Å². The molecule has 0 atom stereocenters. The zero-order valence-electron chi connectivity index (χ0n) is 13.6. The first-order valence-electron chi connectivity index (χ1n) is 7.43. The zero-order chi connectivity index (χ0) is 16.3. The highest BCUT2D eigenvalue weighted by Crippen LogP contribution is 2.13. The second-order valence-corrected chi connectivity index (χ2v) is 6.88. The van der Waals surface area contributed by atoms with E-state index in [1.807, 2.05) is 27.7 Å². The molecule has 1 saturated heterocycles. The van der Waals surface area contributed by atoms with Crippen LogP contribution in [0.3, 0.4) is 0 Å². The Bertz CT molecular complexity index is 517. The van der Waals surface area contributed by atoms with Crippen molar-refractivity contribution in [2.45, 2.75) is 39.8 Å². The van der Waals surface area contributed by atoms with Crippen LogP contribution < -0.4 is 0 Å². The van der Waals surface area contributed by atoms with Crippen molar-refractivity contribution in [3.05, 3.63) is 22.7 Å². The number of carbonyl (C=O) groups excluding carboxylic acids is 1. The fourth-order valence-corrected chi connectivity index (χ4v) is 2.53. The van der Waals surface area contributed by atoms with E-state index >= 15 is 0 Å². The third-order valence-electron chi connectivity index (χ3n) is 3.26. The van der Waals surface area contributed by atoms with Crippen LogP contribution in [0.15, 0.2) is 6.07 Å². The van der Waals surface area contributed by atoms with Gasteiger partial charge in [0, 0.05) is 31.9 Å². The number of hydrogen-bond acceptors (Lipinski definition) is 5. The van der Waals surface area contributed by atoms with E-state index in [1.54, 1.807) is 11.0 Å². The molecule has 1 amide bonds. The van der Waals surface area contributed by atoms with Crippen LogP contribution in [0.25, 0.3) is 0 Å². The summed E-state index contributed by atoms with van der Waals surface area (Å²) in [6, 6.07) is 1.74. The predicted octanol–water partition coefficient (Wildman–Crippen LogP) is 2.49. The minimum Gasteiger partial charge on any atom is -0.444 e. The molecule has 0 bridgehead atoms. The molecule has 22 heavy (non-hydrogen) atoms. The van der Waals surface area contributed by atoms with Crippen LogP contribution in [-0.4, -0.2) is 57.6 Å². The molecule has 0 radical (unpaired) electrons. The Morgan fingerprint density at radius 2 is 1.91 bits per heavy atom. The highest BCUT2D eigenvalue weighted by molar-refractivity contribution is 6.29. The fourth-order valence-electron chi connectivity index (χ4n) is 2.27. The minimum absolute atomic E-state index is 0.248. The molecular formula is C15H23ClN4O2. The van der Waals surface area contributed by atoms with Crippen molar-refractivity contribution < 1.29 is 9.53 Å². The summed E-state index contributed by atoms with van der Waals surface area (Å²) < 4.78 is 5.39. The number of halogens is 1. The molecule has 1 aliphatic rings. The lowest BCUT2D eigenvalue weighted by Crippen LogP contribution is -2.49. The number of piperazine rings is 1. The highest BCUT2D eigenvalue weighted by Gasteiger charge is 2.26. The molecular weight excluding hydrogens is 304 g/mol. The van der Waals surface area contributed by atoms with E-state index in [9.17, 15) is 4.79 Å². The molecule has 1 aromatic heterocycles. The Kier molecular flexibility index (Phi) is 5.24. The van der Waals surface area contributed by atoms with Gasteiger partial charge >= 0.3 is 6.09 Å². The van der Waals surface area contributed by atoms with Gasteiger partial charge in [-0.3, -0.25) is 4.90 Å². The maximum atomic E-state index is 12.0. The summed E-state index contributed by atoms with van der Waals surface area (Å²) in [6.45, 7) is 11.0. The summed E-state index contributed by atoms with van der Waals surface area (Å²) >= 11 is 5.95. The molecule has 0 aliphatic carbocycles. The van der Waals surface area contributed by atoms with Gasteiger partial charge < -0.3 is 9.64 Å². The molecule has 7 heteroatoms. The van der Waals surface area contributed by atoms with Gasteiger partial charge in [-0.05, 0) is 33.8 Å². The van der Waals surface area contributed by atoms with Crippen molar-refractivity contribution in [3.8, 4) is 0 Å². The van der Waals surface area contributed by atoms with Crippen molar-refractivity contribution in [1.82, 2.24) is 19.8 Å². The van der Waals surface area contributed by atoms with Gasteiger partial charge in [-0.25, -0.2) is 14.8 Å². The van der Waals surface area contributed by atoms with E-state index in [0.717, 1.165) is 24.6 Å². The zero-order valence-corrected chi connectivity index (χ0v) is 14.4. The van der Waals surface area contributed by atoms with Crippen molar-refractivity contribution in [2.75, 3.05) is 26.2 Å². The van der Waals surface area contributed by atoms with Crippen molar-refractivity contribution in [2.24, 2.45) is 0 Å². The Morgan fingerprint density at radius 3 is 2.45 bits per heavy atom. The first kappa shape index (κ1) is 17.0. The molecule has 1 aliphatic heterocycles. The first-order valence-corrected chi connectivity index (χ1v) is 7.81. The number of nitrogens with zero attached hydrogens (tertiary/aromatic N) is 4. The van der Waals surface area contributed by atoms with Crippen LogP contribution in [0.2, 0.25) is 5.15 Å². The third-order valence-corrected chi connectivity index (χ3v) is 3.45. The van der Waals surface area contributed by atoms with Gasteiger partial charge in [0.05, 0.1) is 6.54 Å². The van der Waals surface area contributed by atoms with Gasteiger partial charge in [0.15, 0.2) is 0 Å². The lowest BCUT2D eigenvalue weighted by atomic mass is 10.2. The summed E-state index contributed by atoms with van der Waals surface area (Å²) in [7, 11) is 0. The lowest BCUT2D eigenvalue weighted by Gasteiger charge is -2.35. The number of hydrogen-bond donors (Lipinski definition) is 0. The van der Waals surface area contributed by atoms with Gasteiger partial charge in [-0.2, -0.15) is 0 Å². The summed E-state index contributed by atoms with van der Waals surface area (Å²) in [5.41, 5.74) is 0.405. The smallest absolute Gasteiger partial charge is 0.410 e. The number of amides is 1. The van der Waals surface area contributed by atoms with E-state index < -0.39 is 5.60 Å². The van der Waals surface area contributed by atoms with E-state index in [1.165, 1.54) is 0 Å². The Balaban J connectivity index is 1.86. The molecule has 0 aromatic carbocycles. The summed E-state index contributed by atoms with van der Waals surface area (Å²) in [6.07, 6.45) is -0.248. The lowest BCUT2D eigenvalue weighted by molar-refractivity contribution is 0.0137. The molecule has 122 valence electrons. The van der Waals surface area contributed by atoms with Gasteiger partial charge in [-0.15, -0.1) is 0 Å². The van der Waals surface area contributed by atoms with Crippen molar-refractivity contribution >= 4 is 17.7 Å². The van der Waals surface area contributed by atoms with Crippen LogP contribution in [-0.2, 0) is 11.3 Å². The number of carbonyl (C=O) groups is 1. The highest BCUT2D eigenvalue weighted by atomic mass is 35.5. The van der Waals surface area contributed by atoms with Gasteiger partial charge in [0.25, 0.3) is 0 Å². The van der Waals surface area contributed by atoms with Crippen LogP contribution in [0.4, 0.5) is 4.79 Å². The average molecular weight is 327 g/mol. The molecule has 0 unspecified atom stereocenters. The SMILES string of the molecule is Cc1cc(Cl)nc(CN2CCN(C(=O)OC(C)(C)C)CC2)n1. The Hall–Kier alpha value is -1.40. The van der Waals surface area contributed by atoms with Crippen LogP contribution in [0.1, 0.15) is 32.3 Å². The Morgan fingerprint density at radius 1 is 1.27 bits per heavy atom. The number of ether oxygens (including phenoxy) is 1.